The lowest BCUT2D eigenvalue weighted by Gasteiger charge is -2.25. The molecule has 7 nitrogen and oxygen atoms in total. The van der Waals surface area contributed by atoms with Gasteiger partial charge in [-0.25, -0.2) is 0 Å². The molecule has 20 heavy (non-hydrogen) atoms. The van der Waals surface area contributed by atoms with Crippen LogP contribution in [-0.4, -0.2) is 41.9 Å². The maximum absolute atomic E-state index is 11.7. The molecule has 2 atom stereocenters. The molecule has 7 heteroatoms. The first kappa shape index (κ1) is 18.5. The van der Waals surface area contributed by atoms with Crippen molar-refractivity contribution in [1.29, 1.82) is 0 Å². The molecule has 0 spiro atoms. The van der Waals surface area contributed by atoms with Crippen molar-refractivity contribution in [2.24, 2.45) is 5.92 Å². The molecule has 0 aromatic rings. The molecule has 0 unspecified atom stereocenters. The molecule has 0 saturated carbocycles. The molecule has 0 aliphatic rings. The van der Waals surface area contributed by atoms with Gasteiger partial charge in [-0.3, -0.25) is 14.9 Å². The zero-order chi connectivity index (χ0) is 15.7. The van der Waals surface area contributed by atoms with Gasteiger partial charge in [0.15, 0.2) is 6.29 Å². The Bertz CT molecular complexity index is 329. The fourth-order valence-corrected chi connectivity index (χ4v) is 1.67. The third-order valence-corrected chi connectivity index (χ3v) is 2.99. The number of hydrogen-bond acceptors (Lipinski definition) is 5. The molecule has 0 aromatic heterocycles. The largest absolute Gasteiger partial charge is 0.365 e. The van der Waals surface area contributed by atoms with Gasteiger partial charge in [0.1, 0.15) is 12.1 Å². The van der Waals surface area contributed by atoms with Crippen LogP contribution in [0.15, 0.2) is 0 Å². The van der Waals surface area contributed by atoms with E-state index in [1.165, 1.54) is 0 Å². The minimum Gasteiger partial charge on any atom is -0.365 e. The highest BCUT2D eigenvalue weighted by Crippen LogP contribution is 2.09. The summed E-state index contributed by atoms with van der Waals surface area (Å²) in [6.45, 7) is 6.63. The molecule has 0 heterocycles. The van der Waals surface area contributed by atoms with Crippen molar-refractivity contribution in [3.8, 4) is 0 Å². The summed E-state index contributed by atoms with van der Waals surface area (Å²) in [4.78, 5) is 33.0. The molecule has 1 amide bonds. The minimum atomic E-state index is -1.01. The van der Waals surface area contributed by atoms with Crippen LogP contribution < -0.4 is 5.32 Å². The second-order valence-electron chi connectivity index (χ2n) is 4.96. The van der Waals surface area contributed by atoms with Gasteiger partial charge in [-0.2, -0.15) is 0 Å². The van der Waals surface area contributed by atoms with Crippen molar-refractivity contribution in [2.75, 3.05) is 6.54 Å². The van der Waals surface area contributed by atoms with Crippen molar-refractivity contribution in [2.45, 2.75) is 58.8 Å². The van der Waals surface area contributed by atoms with E-state index in [0.717, 1.165) is 0 Å². The normalized spacial score (nSPS) is 14.1. The van der Waals surface area contributed by atoms with Crippen molar-refractivity contribution in [1.82, 2.24) is 5.32 Å². The lowest BCUT2D eigenvalue weighted by molar-refractivity contribution is -0.485. The van der Waals surface area contributed by atoms with E-state index in [0.29, 0.717) is 19.1 Å². The lowest BCUT2D eigenvalue weighted by atomic mass is 10.1. The summed E-state index contributed by atoms with van der Waals surface area (Å²) < 4.78 is 5.55. The van der Waals surface area contributed by atoms with Crippen LogP contribution in [0, 0.1) is 16.0 Å². The Morgan fingerprint density at radius 1 is 1.35 bits per heavy atom. The molecule has 0 fully saturated rings. The molecule has 116 valence electrons. The van der Waals surface area contributed by atoms with Crippen LogP contribution in [0.4, 0.5) is 0 Å². The van der Waals surface area contributed by atoms with Gasteiger partial charge in [-0.15, -0.1) is 0 Å². The minimum absolute atomic E-state index is 0.157. The number of rotatable bonds is 10. The molecule has 1 N–H and O–H groups in total. The quantitative estimate of drug-likeness (QED) is 0.370. The van der Waals surface area contributed by atoms with Crippen molar-refractivity contribution >= 4 is 12.2 Å². The zero-order valence-electron chi connectivity index (χ0n) is 12.5. The number of nitrogens with zero attached hydrogens (tertiary/aromatic N) is 1. The van der Waals surface area contributed by atoms with Crippen LogP contribution in [0.2, 0.25) is 0 Å². The summed E-state index contributed by atoms with van der Waals surface area (Å²) in [7, 11) is 0. The molecule has 0 aromatic carbocycles. The second-order valence-corrected chi connectivity index (χ2v) is 4.96. The monoisotopic (exact) mass is 288 g/mol. The summed E-state index contributed by atoms with van der Waals surface area (Å²) in [6, 6.07) is -0.946. The van der Waals surface area contributed by atoms with Gasteiger partial charge in [0.05, 0.1) is 6.10 Å². The fraction of sp³-hybridized carbons (Fsp3) is 0.846. The highest BCUT2D eigenvalue weighted by atomic mass is 16.6. The van der Waals surface area contributed by atoms with E-state index < -0.39 is 23.6 Å². The summed E-state index contributed by atoms with van der Waals surface area (Å²) >= 11 is 0. The number of carbonyl (C=O) groups excluding carboxylic acids is 2. The Balaban J connectivity index is 4.90. The van der Waals surface area contributed by atoms with E-state index in [-0.39, 0.29) is 17.9 Å². The fourth-order valence-electron chi connectivity index (χ4n) is 1.67. The average molecular weight is 288 g/mol. The number of aldehydes is 1. The number of hydrogen-bond donors (Lipinski definition) is 1. The van der Waals surface area contributed by atoms with E-state index in [1.807, 2.05) is 13.8 Å². The molecule has 0 bridgehead atoms. The number of nitrogens with one attached hydrogen (secondary N) is 1. The van der Waals surface area contributed by atoms with Crippen LogP contribution in [0.1, 0.15) is 40.5 Å². The van der Waals surface area contributed by atoms with E-state index in [4.69, 9.17) is 4.74 Å². The van der Waals surface area contributed by atoms with Gasteiger partial charge in [0, 0.05) is 10.8 Å². The SMILES string of the molecule is CCC(CC)O[C@@H](C=O)[C@@H](C[N+](=O)[O-])NC(=O)C(C)C. The van der Waals surface area contributed by atoms with E-state index in [2.05, 4.69) is 5.32 Å². The topological polar surface area (TPSA) is 98.5 Å². The maximum Gasteiger partial charge on any atom is 0.226 e. The van der Waals surface area contributed by atoms with Gasteiger partial charge >= 0.3 is 0 Å². The van der Waals surface area contributed by atoms with Crippen LogP contribution in [0.25, 0.3) is 0 Å². The Labute approximate surface area is 119 Å². The predicted octanol–water partition coefficient (Wildman–Crippen LogP) is 1.18. The lowest BCUT2D eigenvalue weighted by Crippen LogP contribution is -2.51. The second kappa shape index (κ2) is 9.41. The van der Waals surface area contributed by atoms with Gasteiger partial charge in [-0.05, 0) is 12.8 Å². The van der Waals surface area contributed by atoms with Crippen LogP contribution >= 0.6 is 0 Å². The molecular weight excluding hydrogens is 264 g/mol. The van der Waals surface area contributed by atoms with Crippen LogP contribution in [0.3, 0.4) is 0 Å². The first-order chi connectivity index (χ1) is 9.35. The zero-order valence-corrected chi connectivity index (χ0v) is 12.5. The first-order valence-electron chi connectivity index (χ1n) is 6.88. The van der Waals surface area contributed by atoms with Crippen LogP contribution in [0.5, 0.6) is 0 Å². The van der Waals surface area contributed by atoms with E-state index in [9.17, 15) is 19.7 Å². The summed E-state index contributed by atoms with van der Waals surface area (Å²) in [5.74, 6) is -0.651. The molecule has 0 radical (unpaired) electrons. The van der Waals surface area contributed by atoms with Gasteiger partial charge in [0.25, 0.3) is 0 Å². The Kier molecular flexibility index (Phi) is 8.71. The van der Waals surface area contributed by atoms with Crippen LogP contribution in [-0.2, 0) is 14.3 Å². The molecule has 0 aliphatic heterocycles. The number of ether oxygens (including phenoxy) is 1. The average Bonchev–Trinajstić information content (AvgIpc) is 2.38. The molecule has 0 aliphatic carbocycles. The Morgan fingerprint density at radius 3 is 2.25 bits per heavy atom. The Hall–Kier alpha value is -1.50. The Morgan fingerprint density at radius 2 is 1.90 bits per heavy atom. The van der Waals surface area contributed by atoms with E-state index >= 15 is 0 Å². The molecule has 0 saturated heterocycles. The van der Waals surface area contributed by atoms with Crippen molar-refractivity contribution in [3.05, 3.63) is 10.1 Å². The smallest absolute Gasteiger partial charge is 0.226 e. The number of amides is 1. The highest BCUT2D eigenvalue weighted by Gasteiger charge is 2.30. The highest BCUT2D eigenvalue weighted by molar-refractivity contribution is 5.78. The third kappa shape index (κ3) is 6.60. The standard InChI is InChI=1S/C13H24N2O5/c1-5-10(6-2)20-12(8-16)11(7-15(18)19)14-13(17)9(3)4/h8-12H,5-7H2,1-4H3,(H,14,17)/t11-,12+/m1/s1. The third-order valence-electron chi connectivity index (χ3n) is 2.99. The van der Waals surface area contributed by atoms with Crippen molar-refractivity contribution in [3.63, 3.8) is 0 Å². The van der Waals surface area contributed by atoms with Crippen molar-refractivity contribution < 1.29 is 19.2 Å². The van der Waals surface area contributed by atoms with Gasteiger partial charge in [-0.1, -0.05) is 27.7 Å². The summed E-state index contributed by atoms with van der Waals surface area (Å²) in [5.41, 5.74) is 0. The molecular formula is C13H24N2O5. The predicted molar refractivity (Wildman–Crippen MR) is 73.9 cm³/mol. The first-order valence-corrected chi connectivity index (χ1v) is 6.88. The number of nitro groups is 1. The number of carbonyl (C=O) groups is 2. The summed E-state index contributed by atoms with van der Waals surface area (Å²) in [5, 5.41) is 13.2. The van der Waals surface area contributed by atoms with E-state index in [1.54, 1.807) is 13.8 Å². The summed E-state index contributed by atoms with van der Waals surface area (Å²) in [6.07, 6.45) is 0.755. The van der Waals surface area contributed by atoms with Gasteiger partial charge in [0.2, 0.25) is 12.5 Å². The maximum atomic E-state index is 11.7. The van der Waals surface area contributed by atoms with Gasteiger partial charge < -0.3 is 14.8 Å². The molecule has 0 rings (SSSR count).